The summed E-state index contributed by atoms with van der Waals surface area (Å²) < 4.78 is 33.5. The van der Waals surface area contributed by atoms with Gasteiger partial charge >= 0.3 is 0 Å². The lowest BCUT2D eigenvalue weighted by atomic mass is 10.0. The number of nitrogens with zero attached hydrogens (tertiary/aromatic N) is 2. The van der Waals surface area contributed by atoms with Crippen LogP contribution < -0.4 is 5.32 Å². The zero-order chi connectivity index (χ0) is 21.4. The average molecular weight is 428 g/mol. The molecule has 1 saturated heterocycles. The Kier molecular flexibility index (Phi) is 4.98. The molecule has 3 aromatic rings. The fraction of sp³-hybridized carbons (Fsp3) is 0.0952. The first-order valence-corrected chi connectivity index (χ1v) is 9.10. The van der Waals surface area contributed by atoms with Crippen LogP contribution >= 0.6 is 11.6 Å². The van der Waals surface area contributed by atoms with Crippen molar-refractivity contribution in [3.05, 3.63) is 70.4 Å². The van der Waals surface area contributed by atoms with Crippen molar-refractivity contribution in [2.75, 3.05) is 13.2 Å². The lowest BCUT2D eigenvalue weighted by molar-refractivity contribution is -0.118. The molecule has 9 heteroatoms. The van der Waals surface area contributed by atoms with Gasteiger partial charge in [-0.2, -0.15) is 5.26 Å². The first-order valence-electron chi connectivity index (χ1n) is 8.72. The third kappa shape index (κ3) is 3.63. The molecule has 150 valence electrons. The van der Waals surface area contributed by atoms with Crippen molar-refractivity contribution >= 4 is 23.4 Å². The van der Waals surface area contributed by atoms with Crippen LogP contribution in [0.25, 0.3) is 22.5 Å². The molecule has 0 atom stereocenters. The molecular weight excluding hydrogens is 416 g/mol. The lowest BCUT2D eigenvalue weighted by Crippen LogP contribution is -2.29. The van der Waals surface area contributed by atoms with Gasteiger partial charge < -0.3 is 14.6 Å². The molecule has 4 rings (SSSR count). The van der Waals surface area contributed by atoms with E-state index in [2.05, 4.69) is 5.32 Å². The van der Waals surface area contributed by atoms with Crippen molar-refractivity contribution < 1.29 is 22.8 Å². The predicted octanol–water partition coefficient (Wildman–Crippen LogP) is 3.95. The molecule has 6 nitrogen and oxygen atoms in total. The number of nitrogens with one attached hydrogen (secondary N) is 1. The van der Waals surface area contributed by atoms with E-state index in [1.165, 1.54) is 35.2 Å². The summed E-state index contributed by atoms with van der Waals surface area (Å²) in [7, 11) is 0. The number of rotatable bonds is 3. The number of nitriles is 1. The third-order valence-electron chi connectivity index (χ3n) is 4.55. The van der Waals surface area contributed by atoms with Gasteiger partial charge in [-0.1, -0.05) is 11.6 Å². The van der Waals surface area contributed by atoms with Crippen LogP contribution in [0.2, 0.25) is 5.02 Å². The predicted molar refractivity (Wildman–Crippen MR) is 103 cm³/mol. The molecular formula is C21H12ClF2N3O3. The number of benzene rings is 2. The van der Waals surface area contributed by atoms with Gasteiger partial charge in [0, 0.05) is 16.1 Å². The summed E-state index contributed by atoms with van der Waals surface area (Å²) in [5.41, 5.74) is 0.761. The summed E-state index contributed by atoms with van der Waals surface area (Å²) in [6, 6.07) is 10.7. The van der Waals surface area contributed by atoms with E-state index < -0.39 is 17.5 Å². The highest BCUT2D eigenvalue weighted by Gasteiger charge is 2.28. The normalized spacial score (nSPS) is 13.3. The molecule has 1 N–H and O–H groups in total. The van der Waals surface area contributed by atoms with Crippen LogP contribution in [-0.4, -0.2) is 29.9 Å². The first kappa shape index (κ1) is 19.6. The summed E-state index contributed by atoms with van der Waals surface area (Å²) in [6.07, 6.45) is 0. The summed E-state index contributed by atoms with van der Waals surface area (Å²) in [5, 5.41) is 11.8. The van der Waals surface area contributed by atoms with Crippen molar-refractivity contribution in [2.24, 2.45) is 0 Å². The monoisotopic (exact) mass is 427 g/mol. The van der Waals surface area contributed by atoms with E-state index in [1.807, 2.05) is 0 Å². The summed E-state index contributed by atoms with van der Waals surface area (Å²) in [4.78, 5) is 25.4. The molecule has 1 aliphatic rings. The standard InChI is InChI=1S/C21H12ClF2N3O3/c22-14-4-12(5-15(23)6-14)16-7-18(21(29)27-9-19(28)26-10-27)30-20(16)11-1-2-17(24)13(3-11)8-25/h1-7H,9-10H2,(H,26,28). The fourth-order valence-electron chi connectivity index (χ4n) is 3.16. The zero-order valence-corrected chi connectivity index (χ0v) is 16.0. The van der Waals surface area contributed by atoms with E-state index in [-0.39, 0.29) is 41.2 Å². The quantitative estimate of drug-likeness (QED) is 0.685. The second-order valence-corrected chi connectivity index (χ2v) is 7.02. The van der Waals surface area contributed by atoms with Crippen LogP contribution in [0.3, 0.4) is 0 Å². The lowest BCUT2D eigenvalue weighted by Gasteiger charge is -2.10. The highest BCUT2D eigenvalue weighted by atomic mass is 35.5. The Morgan fingerprint density at radius 3 is 2.63 bits per heavy atom. The van der Waals surface area contributed by atoms with Crippen molar-refractivity contribution in [3.63, 3.8) is 0 Å². The Balaban J connectivity index is 1.87. The van der Waals surface area contributed by atoms with E-state index in [0.717, 1.165) is 12.1 Å². The van der Waals surface area contributed by atoms with Crippen LogP contribution in [0.4, 0.5) is 8.78 Å². The van der Waals surface area contributed by atoms with Crippen LogP contribution in [0.1, 0.15) is 16.1 Å². The van der Waals surface area contributed by atoms with Gasteiger partial charge in [0.2, 0.25) is 5.91 Å². The molecule has 0 bridgehead atoms. The molecule has 0 spiro atoms. The van der Waals surface area contributed by atoms with Crippen molar-refractivity contribution in [1.29, 1.82) is 5.26 Å². The molecule has 1 fully saturated rings. The Morgan fingerprint density at radius 1 is 1.17 bits per heavy atom. The molecule has 1 aromatic heterocycles. The summed E-state index contributed by atoms with van der Waals surface area (Å²) >= 11 is 5.97. The number of amides is 2. The van der Waals surface area contributed by atoms with Gasteiger partial charge in [-0.25, -0.2) is 8.78 Å². The SMILES string of the molecule is N#Cc1cc(-c2oc(C(=O)N3CNC(=O)C3)cc2-c2cc(F)cc(Cl)c2)ccc1F. The molecule has 2 aromatic carbocycles. The largest absolute Gasteiger partial charge is 0.450 e. The van der Waals surface area contributed by atoms with Crippen molar-refractivity contribution in [3.8, 4) is 28.5 Å². The van der Waals surface area contributed by atoms with E-state index in [0.29, 0.717) is 16.7 Å². The van der Waals surface area contributed by atoms with Crippen LogP contribution in [-0.2, 0) is 4.79 Å². The number of hydrogen-bond acceptors (Lipinski definition) is 4. The van der Waals surface area contributed by atoms with Gasteiger partial charge in [0.15, 0.2) is 5.76 Å². The fourth-order valence-corrected chi connectivity index (χ4v) is 3.38. The van der Waals surface area contributed by atoms with Crippen LogP contribution in [0.5, 0.6) is 0 Å². The Hall–Kier alpha value is -3.70. The van der Waals surface area contributed by atoms with Gasteiger partial charge in [-0.3, -0.25) is 9.59 Å². The molecule has 0 unspecified atom stereocenters. The van der Waals surface area contributed by atoms with E-state index in [4.69, 9.17) is 21.3 Å². The van der Waals surface area contributed by atoms with E-state index in [1.54, 1.807) is 6.07 Å². The van der Waals surface area contributed by atoms with Crippen molar-refractivity contribution in [1.82, 2.24) is 10.2 Å². The molecule has 1 aliphatic heterocycles. The minimum Gasteiger partial charge on any atom is -0.450 e. The zero-order valence-electron chi connectivity index (χ0n) is 15.2. The molecule has 0 saturated carbocycles. The maximum absolute atomic E-state index is 13.9. The van der Waals surface area contributed by atoms with Gasteiger partial charge in [0.05, 0.1) is 12.2 Å². The van der Waals surface area contributed by atoms with E-state index in [9.17, 15) is 18.4 Å². The smallest absolute Gasteiger partial charge is 0.291 e. The summed E-state index contributed by atoms with van der Waals surface area (Å²) in [6.45, 7) is -0.0882. The minimum atomic E-state index is -0.707. The molecule has 2 heterocycles. The number of hydrogen-bond donors (Lipinski definition) is 1. The second kappa shape index (κ2) is 7.61. The van der Waals surface area contributed by atoms with Gasteiger partial charge in [0.1, 0.15) is 30.0 Å². The Labute approximate surface area is 174 Å². The average Bonchev–Trinajstić information content (AvgIpc) is 3.34. The minimum absolute atomic E-state index is 0.0317. The van der Waals surface area contributed by atoms with Gasteiger partial charge in [-0.05, 0) is 48.0 Å². The topological polar surface area (TPSA) is 86.3 Å². The first-order chi connectivity index (χ1) is 14.4. The maximum atomic E-state index is 13.9. The molecule has 0 aliphatic carbocycles. The Bertz CT molecular complexity index is 1210. The number of carbonyl (C=O) groups is 2. The van der Waals surface area contributed by atoms with Gasteiger partial charge in [-0.15, -0.1) is 0 Å². The van der Waals surface area contributed by atoms with Crippen LogP contribution in [0, 0.1) is 23.0 Å². The number of halogens is 3. The highest BCUT2D eigenvalue weighted by Crippen LogP contribution is 2.37. The number of furan rings is 1. The van der Waals surface area contributed by atoms with Crippen molar-refractivity contribution in [2.45, 2.75) is 0 Å². The maximum Gasteiger partial charge on any atom is 0.291 e. The van der Waals surface area contributed by atoms with Crippen LogP contribution in [0.15, 0.2) is 46.9 Å². The third-order valence-corrected chi connectivity index (χ3v) is 4.77. The molecule has 0 radical (unpaired) electrons. The highest BCUT2D eigenvalue weighted by molar-refractivity contribution is 6.30. The van der Waals surface area contributed by atoms with E-state index >= 15 is 0 Å². The Morgan fingerprint density at radius 2 is 1.97 bits per heavy atom. The summed E-state index contributed by atoms with van der Waals surface area (Å²) in [5.74, 6) is -2.12. The van der Waals surface area contributed by atoms with Gasteiger partial charge in [0.25, 0.3) is 5.91 Å². The number of carbonyl (C=O) groups excluding carboxylic acids is 2. The molecule has 30 heavy (non-hydrogen) atoms. The molecule has 2 amide bonds. The second-order valence-electron chi connectivity index (χ2n) is 6.58.